The number of nitrogens with zero attached hydrogens (tertiary/aromatic N) is 4. The number of rotatable bonds is 5. The van der Waals surface area contributed by atoms with Crippen LogP contribution in [0.2, 0.25) is 0 Å². The van der Waals surface area contributed by atoms with Crippen molar-refractivity contribution in [1.82, 2.24) is 15.1 Å². The molecule has 128 valence electrons. The zero-order valence-corrected chi connectivity index (χ0v) is 14.5. The van der Waals surface area contributed by atoms with Crippen molar-refractivity contribution in [2.45, 2.75) is 6.92 Å². The summed E-state index contributed by atoms with van der Waals surface area (Å²) >= 11 is 0. The fourth-order valence-corrected chi connectivity index (χ4v) is 2.74. The van der Waals surface area contributed by atoms with Crippen molar-refractivity contribution in [2.24, 2.45) is 4.99 Å². The molecule has 6 nitrogen and oxygen atoms in total. The lowest BCUT2D eigenvalue weighted by atomic mass is 10.2. The Hall–Kier alpha value is -1.95. The van der Waals surface area contributed by atoms with E-state index in [0.29, 0.717) is 5.75 Å². The van der Waals surface area contributed by atoms with Gasteiger partial charge in [-0.15, -0.1) is 0 Å². The Morgan fingerprint density at radius 3 is 2.57 bits per heavy atom. The van der Waals surface area contributed by atoms with E-state index in [0.717, 1.165) is 57.5 Å². The molecule has 6 heteroatoms. The zero-order chi connectivity index (χ0) is 16.7. The highest BCUT2D eigenvalue weighted by atomic mass is 16.3. The van der Waals surface area contributed by atoms with Crippen LogP contribution in [0, 0.1) is 0 Å². The van der Waals surface area contributed by atoms with Crippen LogP contribution in [0.5, 0.6) is 5.75 Å². The van der Waals surface area contributed by atoms with Gasteiger partial charge in [-0.2, -0.15) is 0 Å². The van der Waals surface area contributed by atoms with Crippen LogP contribution in [0.4, 0.5) is 5.69 Å². The van der Waals surface area contributed by atoms with E-state index in [-0.39, 0.29) is 0 Å². The Morgan fingerprint density at radius 2 is 1.96 bits per heavy atom. The number of phenolic OH excluding ortho intramolecular Hbond substituents is 1. The van der Waals surface area contributed by atoms with Crippen LogP contribution in [0.25, 0.3) is 0 Å². The Bertz CT molecular complexity index is 511. The number of guanidine groups is 1. The molecule has 1 saturated heterocycles. The molecule has 0 spiro atoms. The summed E-state index contributed by atoms with van der Waals surface area (Å²) in [6, 6.07) is 7.53. The average molecular weight is 319 g/mol. The van der Waals surface area contributed by atoms with Gasteiger partial charge in [0.05, 0.1) is 5.69 Å². The molecule has 0 saturated carbocycles. The van der Waals surface area contributed by atoms with Crippen molar-refractivity contribution < 1.29 is 5.11 Å². The molecule has 0 aliphatic carbocycles. The third-order valence-corrected chi connectivity index (χ3v) is 4.33. The Kier molecular flexibility index (Phi) is 6.52. The standard InChI is InChI=1S/C17H29N5O/c1-4-20(3)10-9-19-17(18-2)22-13-11-21(12-14-22)15-7-5-6-8-16(15)23/h5-8,23H,4,9-14H2,1-3H3,(H,18,19). The average Bonchev–Trinajstić information content (AvgIpc) is 2.59. The Labute approximate surface area is 139 Å². The van der Waals surface area contributed by atoms with E-state index < -0.39 is 0 Å². The molecule has 0 amide bonds. The van der Waals surface area contributed by atoms with Crippen molar-refractivity contribution in [3.05, 3.63) is 24.3 Å². The Balaban J connectivity index is 1.84. The van der Waals surface area contributed by atoms with Crippen molar-refractivity contribution in [1.29, 1.82) is 0 Å². The first-order valence-electron chi connectivity index (χ1n) is 8.32. The first kappa shape index (κ1) is 17.4. The number of phenols is 1. The van der Waals surface area contributed by atoms with Crippen LogP contribution >= 0.6 is 0 Å². The fraction of sp³-hybridized carbons (Fsp3) is 0.588. The van der Waals surface area contributed by atoms with Gasteiger partial charge in [-0.1, -0.05) is 19.1 Å². The summed E-state index contributed by atoms with van der Waals surface area (Å²) < 4.78 is 0. The van der Waals surface area contributed by atoms with Crippen molar-refractivity contribution in [3.8, 4) is 5.75 Å². The molecule has 0 atom stereocenters. The molecular formula is C17H29N5O. The van der Waals surface area contributed by atoms with E-state index in [1.165, 1.54) is 0 Å². The fourth-order valence-electron chi connectivity index (χ4n) is 2.74. The summed E-state index contributed by atoms with van der Waals surface area (Å²) in [7, 11) is 3.96. The molecule has 1 aromatic rings. The molecule has 1 aliphatic rings. The van der Waals surface area contributed by atoms with Gasteiger partial charge in [-0.3, -0.25) is 4.99 Å². The summed E-state index contributed by atoms with van der Waals surface area (Å²) in [6.07, 6.45) is 0. The van der Waals surface area contributed by atoms with Crippen LogP contribution in [0.15, 0.2) is 29.3 Å². The number of para-hydroxylation sites is 2. The predicted molar refractivity (Wildman–Crippen MR) is 96.4 cm³/mol. The second-order valence-electron chi connectivity index (χ2n) is 5.83. The first-order chi connectivity index (χ1) is 11.2. The highest BCUT2D eigenvalue weighted by Gasteiger charge is 2.21. The molecule has 0 radical (unpaired) electrons. The summed E-state index contributed by atoms with van der Waals surface area (Å²) in [5.74, 6) is 1.32. The lowest BCUT2D eigenvalue weighted by Gasteiger charge is -2.38. The third-order valence-electron chi connectivity index (χ3n) is 4.33. The van der Waals surface area contributed by atoms with E-state index >= 15 is 0 Å². The molecule has 0 bridgehead atoms. The SMILES string of the molecule is CCN(C)CCNC(=NC)N1CCN(c2ccccc2O)CC1. The Morgan fingerprint density at radius 1 is 1.26 bits per heavy atom. The number of aliphatic imine (C=N–C) groups is 1. The number of hydrogen-bond acceptors (Lipinski definition) is 4. The van der Waals surface area contributed by atoms with E-state index in [1.807, 2.05) is 25.2 Å². The van der Waals surface area contributed by atoms with Crippen LogP contribution < -0.4 is 10.2 Å². The number of benzene rings is 1. The number of anilines is 1. The molecule has 1 aromatic carbocycles. The maximum absolute atomic E-state index is 9.98. The third kappa shape index (κ3) is 4.76. The van der Waals surface area contributed by atoms with Gasteiger partial charge < -0.3 is 25.1 Å². The molecule has 1 fully saturated rings. The maximum atomic E-state index is 9.98. The molecule has 2 rings (SSSR count). The number of nitrogens with one attached hydrogen (secondary N) is 1. The van der Waals surface area contributed by atoms with Gasteiger partial charge in [0.2, 0.25) is 0 Å². The van der Waals surface area contributed by atoms with Gasteiger partial charge >= 0.3 is 0 Å². The number of hydrogen-bond donors (Lipinski definition) is 2. The second kappa shape index (κ2) is 8.62. The summed E-state index contributed by atoms with van der Waals surface area (Å²) in [5, 5.41) is 13.4. The van der Waals surface area contributed by atoms with E-state index in [4.69, 9.17) is 0 Å². The van der Waals surface area contributed by atoms with Crippen LogP contribution in [0.3, 0.4) is 0 Å². The number of piperazine rings is 1. The largest absolute Gasteiger partial charge is 0.506 e. The molecular weight excluding hydrogens is 290 g/mol. The van der Waals surface area contributed by atoms with Crippen molar-refractivity contribution in [2.75, 3.05) is 64.8 Å². The van der Waals surface area contributed by atoms with Crippen molar-refractivity contribution in [3.63, 3.8) is 0 Å². The number of aromatic hydroxyl groups is 1. The molecule has 2 N–H and O–H groups in total. The molecule has 23 heavy (non-hydrogen) atoms. The smallest absolute Gasteiger partial charge is 0.193 e. The van der Waals surface area contributed by atoms with Gasteiger partial charge in [0.25, 0.3) is 0 Å². The normalized spacial score (nSPS) is 16.1. The van der Waals surface area contributed by atoms with E-state index in [1.54, 1.807) is 6.07 Å². The van der Waals surface area contributed by atoms with E-state index in [9.17, 15) is 5.11 Å². The minimum atomic E-state index is 0.353. The summed E-state index contributed by atoms with van der Waals surface area (Å²) in [6.45, 7) is 8.69. The predicted octanol–water partition coefficient (Wildman–Crippen LogP) is 1.04. The lowest BCUT2D eigenvalue weighted by Crippen LogP contribution is -2.53. The minimum Gasteiger partial charge on any atom is -0.506 e. The molecule has 0 unspecified atom stereocenters. The monoisotopic (exact) mass is 319 g/mol. The molecule has 1 heterocycles. The van der Waals surface area contributed by atoms with Gasteiger partial charge in [-0.25, -0.2) is 0 Å². The van der Waals surface area contributed by atoms with E-state index in [2.05, 4.69) is 39.0 Å². The van der Waals surface area contributed by atoms with Crippen LogP contribution in [-0.2, 0) is 0 Å². The second-order valence-corrected chi connectivity index (χ2v) is 5.83. The van der Waals surface area contributed by atoms with Gasteiger partial charge in [0, 0.05) is 46.3 Å². The summed E-state index contributed by atoms with van der Waals surface area (Å²) in [4.78, 5) is 11.2. The first-order valence-corrected chi connectivity index (χ1v) is 8.32. The minimum absolute atomic E-state index is 0.353. The topological polar surface area (TPSA) is 54.3 Å². The quantitative estimate of drug-likeness (QED) is 0.627. The molecule has 1 aliphatic heterocycles. The van der Waals surface area contributed by atoms with Crippen molar-refractivity contribution >= 4 is 11.6 Å². The maximum Gasteiger partial charge on any atom is 0.193 e. The van der Waals surface area contributed by atoms with Gasteiger partial charge in [0.1, 0.15) is 5.75 Å². The van der Waals surface area contributed by atoms with Crippen LogP contribution in [-0.4, -0.2) is 80.8 Å². The van der Waals surface area contributed by atoms with Gasteiger partial charge in [-0.05, 0) is 25.7 Å². The zero-order valence-electron chi connectivity index (χ0n) is 14.5. The highest BCUT2D eigenvalue weighted by molar-refractivity contribution is 5.80. The number of likely N-dealkylation sites (N-methyl/N-ethyl adjacent to an activating group) is 1. The molecule has 0 aromatic heterocycles. The summed E-state index contributed by atoms with van der Waals surface area (Å²) in [5.41, 5.74) is 0.916. The van der Waals surface area contributed by atoms with Gasteiger partial charge in [0.15, 0.2) is 5.96 Å². The lowest BCUT2D eigenvalue weighted by molar-refractivity contribution is 0.343. The highest BCUT2D eigenvalue weighted by Crippen LogP contribution is 2.27. The van der Waals surface area contributed by atoms with Crippen LogP contribution in [0.1, 0.15) is 6.92 Å².